The van der Waals surface area contributed by atoms with Crippen LogP contribution in [0.5, 0.6) is 5.75 Å². The number of ketones is 1. The van der Waals surface area contributed by atoms with E-state index in [0.717, 1.165) is 86.2 Å². The summed E-state index contributed by atoms with van der Waals surface area (Å²) in [5.74, 6) is -0.180. The molecule has 0 bridgehead atoms. The Balaban J connectivity index is 1.37. The number of ether oxygens (including phenoxy) is 1. The first-order valence-corrected chi connectivity index (χ1v) is 24.7. The molecule has 2 aliphatic rings. The van der Waals surface area contributed by atoms with Gasteiger partial charge in [-0.3, -0.25) is 14.4 Å². The number of benzene rings is 5. The lowest BCUT2D eigenvalue weighted by Crippen LogP contribution is -2.34. The lowest BCUT2D eigenvalue weighted by Gasteiger charge is -2.35. The number of rotatable bonds is 21. The molecule has 7 rings (SSSR count). The van der Waals surface area contributed by atoms with Gasteiger partial charge in [-0.25, -0.2) is 0 Å². The molecule has 0 fully saturated rings. The van der Waals surface area contributed by atoms with Crippen molar-refractivity contribution in [2.75, 3.05) is 30.4 Å². The number of amides is 2. The number of anilines is 3. The first kappa shape index (κ1) is 49.6. The number of methoxy groups -OCH3 is 1. The fraction of sp³-hybridized carbons (Fsp3) is 0.300. The maximum Gasteiger partial charge on any atom is 0.255 e. The molecule has 2 aliphatic carbocycles. The molecule has 0 spiro atoms. The first-order chi connectivity index (χ1) is 33.6. The van der Waals surface area contributed by atoms with E-state index < -0.39 is 11.5 Å². The molecule has 0 saturated carbocycles. The van der Waals surface area contributed by atoms with Gasteiger partial charge in [0.05, 0.1) is 18.5 Å². The van der Waals surface area contributed by atoms with Crippen LogP contribution in [-0.4, -0.2) is 48.1 Å². The quantitative estimate of drug-likeness (QED) is 0.0560. The topological polar surface area (TPSA) is 114 Å². The molecule has 0 aliphatic heterocycles. The number of nitrogens with one attached hydrogen (secondary N) is 2. The van der Waals surface area contributed by atoms with Crippen LogP contribution < -0.4 is 25.4 Å². The monoisotopic (exact) mass is 923 g/mol. The van der Waals surface area contributed by atoms with E-state index in [1.807, 2.05) is 66.7 Å². The second-order valence-corrected chi connectivity index (χ2v) is 18.1. The Morgan fingerprint density at radius 3 is 1.96 bits per heavy atom. The fourth-order valence-electron chi connectivity index (χ4n) is 9.14. The van der Waals surface area contributed by atoms with Crippen LogP contribution in [0.15, 0.2) is 168 Å². The van der Waals surface area contributed by atoms with E-state index in [-0.39, 0.29) is 23.0 Å². The second kappa shape index (κ2) is 23.6. The highest BCUT2D eigenvalue weighted by molar-refractivity contribution is 6.40. The maximum atomic E-state index is 14.8. The second-order valence-electron chi connectivity index (χ2n) is 18.1. The Kier molecular flexibility index (Phi) is 17.0. The average Bonchev–Trinajstić information content (AvgIpc) is 3.38. The molecule has 2 amide bonds. The summed E-state index contributed by atoms with van der Waals surface area (Å²) >= 11 is 0. The Bertz CT molecular complexity index is 2800. The molecule has 0 saturated heterocycles. The van der Waals surface area contributed by atoms with Crippen molar-refractivity contribution in [1.29, 1.82) is 0 Å². The molecule has 2 N–H and O–H groups in total. The Hall–Kier alpha value is -7.26. The lowest BCUT2D eigenvalue weighted by molar-refractivity contribution is -0.448. The summed E-state index contributed by atoms with van der Waals surface area (Å²) in [6, 6.07) is 39.6. The van der Waals surface area contributed by atoms with Crippen molar-refractivity contribution < 1.29 is 28.8 Å². The van der Waals surface area contributed by atoms with Crippen LogP contribution in [0.2, 0.25) is 0 Å². The fourth-order valence-corrected chi connectivity index (χ4v) is 9.14. The Morgan fingerprint density at radius 2 is 1.33 bits per heavy atom. The van der Waals surface area contributed by atoms with Gasteiger partial charge in [-0.1, -0.05) is 126 Å². The standard InChI is InChI=1S/C60H66N4O5/c1-7-11-22-42(9-3)39-63(46-28-19-21-41(5)35-46)48-31-33-51(53(37-48)61-59(67)44-24-15-13-16-25-44)55-57(65)56(58(55)66)52-34-32-49(38-54(52)62-60(68)45-26-17-14-18-27-45)64(40-43(10-4)23-12-8-2)47-29-20-30-50(36-47)69-6/h13-21,24-38,42-43H,7-12,22-23,39-40H2,1-6H3,(H2,61,62,65,66,67,68). The summed E-state index contributed by atoms with van der Waals surface area (Å²) in [5.41, 5.74) is 6.82. The van der Waals surface area contributed by atoms with E-state index in [9.17, 15) is 19.5 Å². The molecule has 69 heavy (non-hydrogen) atoms. The smallest absolute Gasteiger partial charge is 0.255 e. The zero-order valence-corrected chi connectivity index (χ0v) is 41.0. The minimum absolute atomic E-state index is 0.0273. The zero-order valence-electron chi connectivity index (χ0n) is 41.0. The Labute approximate surface area is 408 Å². The third kappa shape index (κ3) is 11.9. The van der Waals surface area contributed by atoms with Gasteiger partial charge in [0.25, 0.3) is 11.8 Å². The summed E-state index contributed by atoms with van der Waals surface area (Å²) < 4.78 is 7.92. The van der Waals surface area contributed by atoms with Crippen LogP contribution in [0.25, 0.3) is 5.57 Å². The van der Waals surface area contributed by atoms with Gasteiger partial charge in [0, 0.05) is 87.6 Å². The Morgan fingerprint density at radius 1 is 0.696 bits per heavy atom. The molecule has 0 radical (unpaired) electrons. The molecule has 0 heterocycles. The number of allylic oxidation sites excluding steroid dienone is 5. The van der Waals surface area contributed by atoms with Gasteiger partial charge in [-0.05, 0) is 92.3 Å². The van der Waals surface area contributed by atoms with Crippen molar-refractivity contribution in [1.82, 2.24) is 5.32 Å². The van der Waals surface area contributed by atoms with Crippen LogP contribution in [0.1, 0.15) is 111 Å². The summed E-state index contributed by atoms with van der Waals surface area (Å²) in [6.45, 7) is 12.4. The number of hydrogen-bond donors (Lipinski definition) is 2. The largest absolute Gasteiger partial charge is 0.871 e. The van der Waals surface area contributed by atoms with Gasteiger partial charge < -0.3 is 25.4 Å². The van der Waals surface area contributed by atoms with Gasteiger partial charge >= 0.3 is 0 Å². The molecular weight excluding hydrogens is 857 g/mol. The summed E-state index contributed by atoms with van der Waals surface area (Å²) in [6.07, 6.45) is 14.1. The molecule has 5 aromatic carbocycles. The van der Waals surface area contributed by atoms with Crippen LogP contribution in [0, 0.1) is 18.8 Å². The highest BCUT2D eigenvalue weighted by Crippen LogP contribution is 2.43. The van der Waals surface area contributed by atoms with Crippen molar-refractivity contribution in [3.05, 3.63) is 190 Å². The molecule has 5 aromatic rings. The lowest BCUT2D eigenvalue weighted by atomic mass is 9.78. The zero-order chi connectivity index (χ0) is 48.9. The number of unbranched alkanes of at least 4 members (excludes halogenated alkanes) is 2. The molecule has 2 atom stereocenters. The van der Waals surface area contributed by atoms with Crippen LogP contribution in [0.3, 0.4) is 0 Å². The molecular formula is C60H66N4O5. The van der Waals surface area contributed by atoms with Gasteiger partial charge in [-0.2, -0.15) is 4.58 Å². The SMILES string of the molecule is CCCCC(CC)CN(c1cccc(OC)c1)c1ccc(C2=C([O-])C(=C3C=CC(=[N+](CC(CC)CCCC)c4cccc(C)c4)C=C3NC(=O)c3ccccc3)C2=O)c(NC(=O)c2ccccc2)c1. The van der Waals surface area contributed by atoms with Crippen molar-refractivity contribution in [3.63, 3.8) is 0 Å². The van der Waals surface area contributed by atoms with E-state index in [1.54, 1.807) is 67.8 Å². The van der Waals surface area contributed by atoms with Gasteiger partial charge in [0.15, 0.2) is 12.3 Å². The number of carbonyl (C=O) groups excluding carboxylic acids is 3. The number of Topliss-reactive ketones (excluding diaryl/α,β-unsaturated/α-hetero) is 1. The molecule has 9 nitrogen and oxygen atoms in total. The van der Waals surface area contributed by atoms with E-state index in [0.29, 0.717) is 57.8 Å². The van der Waals surface area contributed by atoms with E-state index in [1.165, 1.54) is 0 Å². The number of hydrogen-bond acceptors (Lipinski definition) is 6. The van der Waals surface area contributed by atoms with Gasteiger partial charge in [0.2, 0.25) is 11.4 Å². The summed E-state index contributed by atoms with van der Waals surface area (Å²) in [4.78, 5) is 44.9. The van der Waals surface area contributed by atoms with Crippen molar-refractivity contribution in [2.24, 2.45) is 11.8 Å². The van der Waals surface area contributed by atoms with Gasteiger partial charge in [-0.15, -0.1) is 0 Å². The summed E-state index contributed by atoms with van der Waals surface area (Å²) in [5, 5.41) is 21.0. The van der Waals surface area contributed by atoms with Gasteiger partial charge in [0.1, 0.15) is 5.75 Å². The molecule has 356 valence electrons. The van der Waals surface area contributed by atoms with E-state index in [4.69, 9.17) is 4.74 Å². The van der Waals surface area contributed by atoms with Crippen molar-refractivity contribution >= 4 is 51.6 Å². The van der Waals surface area contributed by atoms with Crippen LogP contribution in [-0.2, 0) is 4.79 Å². The third-order valence-corrected chi connectivity index (χ3v) is 13.3. The predicted molar refractivity (Wildman–Crippen MR) is 279 cm³/mol. The van der Waals surface area contributed by atoms with Crippen LogP contribution in [0.4, 0.5) is 22.7 Å². The third-order valence-electron chi connectivity index (χ3n) is 13.3. The number of nitrogens with zero attached hydrogens (tertiary/aromatic N) is 2. The first-order valence-electron chi connectivity index (χ1n) is 24.7. The van der Waals surface area contributed by atoms with E-state index in [2.05, 4.69) is 72.9 Å². The van der Waals surface area contributed by atoms with Crippen molar-refractivity contribution in [2.45, 2.75) is 86.0 Å². The van der Waals surface area contributed by atoms with Crippen LogP contribution >= 0.6 is 0 Å². The highest BCUT2D eigenvalue weighted by atomic mass is 16.5. The predicted octanol–water partition coefficient (Wildman–Crippen LogP) is 12.4. The van der Waals surface area contributed by atoms with E-state index >= 15 is 0 Å². The maximum absolute atomic E-state index is 14.8. The number of aryl methyl sites for hydroxylation is 1. The highest BCUT2D eigenvalue weighted by Gasteiger charge is 2.35. The normalized spacial score (nSPS) is 16.0. The molecule has 0 aromatic heterocycles. The minimum atomic E-state index is -0.470. The molecule has 2 unspecified atom stereocenters. The minimum Gasteiger partial charge on any atom is -0.871 e. The summed E-state index contributed by atoms with van der Waals surface area (Å²) in [7, 11) is 1.65. The average molecular weight is 923 g/mol. The van der Waals surface area contributed by atoms with Crippen molar-refractivity contribution in [3.8, 4) is 5.75 Å². The molecule has 9 heteroatoms. The number of carbonyl (C=O) groups is 3.